The first-order valence-electron chi connectivity index (χ1n) is 9.95. The van der Waals surface area contributed by atoms with Crippen LogP contribution in [0.4, 0.5) is 10.8 Å². The highest BCUT2D eigenvalue weighted by Gasteiger charge is 2.43. The first-order valence-corrected chi connectivity index (χ1v) is 10.8. The maximum atomic E-state index is 13.0. The fourth-order valence-electron chi connectivity index (χ4n) is 3.13. The molecule has 30 heavy (non-hydrogen) atoms. The van der Waals surface area contributed by atoms with Gasteiger partial charge in [0, 0.05) is 17.5 Å². The summed E-state index contributed by atoms with van der Waals surface area (Å²) in [6.45, 7) is 8.19. The molecule has 0 saturated carbocycles. The summed E-state index contributed by atoms with van der Waals surface area (Å²) in [5.41, 5.74) is 1.60. The van der Waals surface area contributed by atoms with Crippen molar-refractivity contribution in [2.24, 2.45) is 5.92 Å². The number of hydrogen-bond donors (Lipinski definition) is 2. The van der Waals surface area contributed by atoms with Crippen LogP contribution >= 0.6 is 28.3 Å². The molecule has 1 unspecified atom stereocenters. The molecule has 0 radical (unpaired) electrons. The van der Waals surface area contributed by atoms with E-state index >= 15 is 0 Å². The number of carboxylic acid groups (broad SMARTS) is 1. The lowest BCUT2D eigenvalue weighted by Crippen LogP contribution is -2.39. The fourth-order valence-corrected chi connectivity index (χ4v) is 3.96. The van der Waals surface area contributed by atoms with E-state index in [-0.39, 0.29) is 36.4 Å². The lowest BCUT2D eigenvalue weighted by atomic mass is 9.75. The number of halogens is 1. The number of carbonyl (C=O) groups is 2. The van der Waals surface area contributed by atoms with E-state index in [4.69, 9.17) is 4.74 Å². The quantitative estimate of drug-likeness (QED) is 0.376. The number of hydrogen-bond acceptors (Lipinski definition) is 6. The van der Waals surface area contributed by atoms with Crippen LogP contribution in [0.1, 0.15) is 57.7 Å². The molecular weight excluding hydrogens is 468 g/mol. The second kappa shape index (κ2) is 12.1. The molecule has 6 nitrogen and oxygen atoms in total. The van der Waals surface area contributed by atoms with Gasteiger partial charge in [-0.2, -0.15) is 0 Å². The van der Waals surface area contributed by atoms with Crippen molar-refractivity contribution in [3.05, 3.63) is 40.9 Å². The number of aromatic nitrogens is 1. The first-order chi connectivity index (χ1) is 13.8. The lowest BCUT2D eigenvalue weighted by molar-refractivity contribution is -0.151. The van der Waals surface area contributed by atoms with Gasteiger partial charge in [0.15, 0.2) is 5.13 Å². The number of thiazole rings is 1. The van der Waals surface area contributed by atoms with Crippen LogP contribution in [0.25, 0.3) is 0 Å². The van der Waals surface area contributed by atoms with Gasteiger partial charge in [-0.15, -0.1) is 28.3 Å². The topological polar surface area (TPSA) is 88.5 Å². The second-order valence-corrected chi connectivity index (χ2v) is 8.52. The lowest BCUT2D eigenvalue weighted by Gasteiger charge is -2.30. The number of carbonyl (C=O) groups excluding carboxylic acids is 1. The van der Waals surface area contributed by atoms with Gasteiger partial charge in [0.1, 0.15) is 5.41 Å². The molecule has 1 aromatic carbocycles. The Balaban J connectivity index is 0.00000450. The summed E-state index contributed by atoms with van der Waals surface area (Å²) < 4.78 is 5.38. The Morgan fingerprint density at radius 1 is 1.23 bits per heavy atom. The highest BCUT2D eigenvalue weighted by molar-refractivity contribution is 8.93. The number of benzene rings is 1. The van der Waals surface area contributed by atoms with Gasteiger partial charge >= 0.3 is 11.9 Å². The van der Waals surface area contributed by atoms with Crippen molar-refractivity contribution >= 4 is 51.1 Å². The minimum atomic E-state index is -1.05. The number of aryl methyl sites for hydroxylation is 1. The monoisotopic (exact) mass is 498 g/mol. The third-order valence-electron chi connectivity index (χ3n) is 4.88. The predicted octanol–water partition coefficient (Wildman–Crippen LogP) is 5.87. The zero-order chi connectivity index (χ0) is 21.4. The summed E-state index contributed by atoms with van der Waals surface area (Å²) in [4.78, 5) is 29.0. The normalized spacial score (nSPS) is 12.7. The van der Waals surface area contributed by atoms with Crippen molar-refractivity contribution in [2.45, 2.75) is 58.8 Å². The Kier molecular flexibility index (Phi) is 10.5. The SMILES string of the molecule is Br.CCOC(=O)C(CCC(=O)O)(CCC(C)C)c1csc(Nc2ccc(C)cc2)n1. The summed E-state index contributed by atoms with van der Waals surface area (Å²) in [6, 6.07) is 7.96. The molecule has 0 saturated heterocycles. The number of esters is 1. The predicted molar refractivity (Wildman–Crippen MR) is 126 cm³/mol. The van der Waals surface area contributed by atoms with Crippen LogP contribution < -0.4 is 5.32 Å². The van der Waals surface area contributed by atoms with Gasteiger partial charge < -0.3 is 15.2 Å². The molecule has 0 aliphatic rings. The molecule has 1 atom stereocenters. The molecule has 2 rings (SSSR count). The molecule has 166 valence electrons. The molecule has 1 heterocycles. The van der Waals surface area contributed by atoms with Crippen LogP contribution in [0, 0.1) is 12.8 Å². The molecule has 0 aliphatic carbocycles. The van der Waals surface area contributed by atoms with Crippen molar-refractivity contribution in [3.63, 3.8) is 0 Å². The smallest absolute Gasteiger partial charge is 0.318 e. The van der Waals surface area contributed by atoms with E-state index in [0.717, 1.165) is 12.1 Å². The Morgan fingerprint density at radius 3 is 2.47 bits per heavy atom. The average Bonchev–Trinajstić information content (AvgIpc) is 3.12. The van der Waals surface area contributed by atoms with Crippen LogP contribution in [0.5, 0.6) is 0 Å². The number of aliphatic carboxylic acids is 1. The molecule has 1 aromatic heterocycles. The van der Waals surface area contributed by atoms with Gasteiger partial charge in [-0.25, -0.2) is 4.98 Å². The minimum absolute atomic E-state index is 0. The minimum Gasteiger partial charge on any atom is -0.481 e. The zero-order valence-corrected chi connectivity index (χ0v) is 20.5. The van der Waals surface area contributed by atoms with Crippen molar-refractivity contribution < 1.29 is 19.4 Å². The Bertz CT molecular complexity index is 823. The van der Waals surface area contributed by atoms with E-state index in [2.05, 4.69) is 24.1 Å². The van der Waals surface area contributed by atoms with E-state index < -0.39 is 17.4 Å². The van der Waals surface area contributed by atoms with Gasteiger partial charge in [-0.3, -0.25) is 9.59 Å². The number of ether oxygens (including phenoxy) is 1. The summed E-state index contributed by atoms with van der Waals surface area (Å²) in [7, 11) is 0. The van der Waals surface area contributed by atoms with Crippen molar-refractivity contribution in [1.29, 1.82) is 0 Å². The Labute approximate surface area is 192 Å². The van der Waals surface area contributed by atoms with Gasteiger partial charge in [0.05, 0.1) is 12.3 Å². The first kappa shape index (κ1) is 26.1. The fraction of sp³-hybridized carbons (Fsp3) is 0.500. The van der Waals surface area contributed by atoms with Crippen molar-refractivity contribution in [1.82, 2.24) is 4.98 Å². The number of nitrogens with one attached hydrogen (secondary N) is 1. The molecule has 8 heteroatoms. The number of anilines is 2. The maximum absolute atomic E-state index is 13.0. The maximum Gasteiger partial charge on any atom is 0.318 e. The highest BCUT2D eigenvalue weighted by Crippen LogP contribution is 2.39. The largest absolute Gasteiger partial charge is 0.481 e. The molecule has 0 fully saturated rings. The van der Waals surface area contributed by atoms with Crippen LogP contribution in [-0.2, 0) is 19.7 Å². The molecule has 0 bridgehead atoms. The van der Waals surface area contributed by atoms with Crippen LogP contribution in [0.2, 0.25) is 0 Å². The summed E-state index contributed by atoms with van der Waals surface area (Å²) >= 11 is 1.40. The third kappa shape index (κ3) is 7.09. The van der Waals surface area contributed by atoms with E-state index in [9.17, 15) is 14.7 Å². The molecule has 0 amide bonds. The van der Waals surface area contributed by atoms with Crippen molar-refractivity contribution in [3.8, 4) is 0 Å². The van der Waals surface area contributed by atoms with Gasteiger partial charge in [0.2, 0.25) is 0 Å². The molecule has 0 aliphatic heterocycles. The van der Waals surface area contributed by atoms with E-state index in [0.29, 0.717) is 23.2 Å². The van der Waals surface area contributed by atoms with E-state index in [1.165, 1.54) is 16.9 Å². The van der Waals surface area contributed by atoms with E-state index in [1.807, 2.05) is 36.6 Å². The van der Waals surface area contributed by atoms with E-state index in [1.54, 1.807) is 6.92 Å². The molecule has 2 aromatic rings. The van der Waals surface area contributed by atoms with Gasteiger partial charge in [-0.1, -0.05) is 31.5 Å². The Morgan fingerprint density at radius 2 is 1.90 bits per heavy atom. The average molecular weight is 499 g/mol. The number of rotatable bonds is 11. The molecule has 2 N–H and O–H groups in total. The Hall–Kier alpha value is -1.93. The van der Waals surface area contributed by atoms with Crippen LogP contribution in [0.3, 0.4) is 0 Å². The van der Waals surface area contributed by atoms with Crippen LogP contribution in [0.15, 0.2) is 29.6 Å². The van der Waals surface area contributed by atoms with Crippen LogP contribution in [-0.4, -0.2) is 28.6 Å². The summed E-state index contributed by atoms with van der Waals surface area (Å²) in [5, 5.41) is 15.0. The van der Waals surface area contributed by atoms with Gasteiger partial charge in [-0.05, 0) is 51.2 Å². The summed E-state index contributed by atoms with van der Waals surface area (Å²) in [5.74, 6) is -0.956. The second-order valence-electron chi connectivity index (χ2n) is 7.66. The molecular formula is C22H31BrN2O4S. The summed E-state index contributed by atoms with van der Waals surface area (Å²) in [6.07, 6.45) is 1.33. The van der Waals surface area contributed by atoms with Crippen molar-refractivity contribution in [2.75, 3.05) is 11.9 Å². The molecule has 0 spiro atoms. The standard InChI is InChI=1S/C22H30N2O4S.BrH/c1-5-28-20(27)22(12-10-15(2)3,13-11-19(25)26)18-14-29-21(24-18)23-17-8-6-16(4)7-9-17;/h6-9,14-15H,5,10-13H2,1-4H3,(H,23,24)(H,25,26);1H. The van der Waals surface area contributed by atoms with Gasteiger partial charge in [0.25, 0.3) is 0 Å². The number of carboxylic acids is 1. The zero-order valence-electron chi connectivity index (χ0n) is 17.9. The highest BCUT2D eigenvalue weighted by atomic mass is 79.9. The number of nitrogens with zero attached hydrogens (tertiary/aromatic N) is 1. The third-order valence-corrected chi connectivity index (χ3v) is 5.64.